The molecule has 2 N–H and O–H groups in total. The Hall–Kier alpha value is -2.06. The lowest BCUT2D eigenvalue weighted by Crippen LogP contribution is -2.00. The number of carbonyl (C=O) groups is 1. The molecule has 6 nitrogen and oxygen atoms in total. The summed E-state index contributed by atoms with van der Waals surface area (Å²) < 4.78 is 4.66. The van der Waals surface area contributed by atoms with Crippen LogP contribution in [0.2, 0.25) is 0 Å². The Morgan fingerprint density at radius 1 is 1.33 bits per heavy atom. The molecule has 2 heterocycles. The van der Waals surface area contributed by atoms with E-state index < -0.39 is 5.97 Å². The number of hydrogen-bond donors (Lipinski definition) is 2. The summed E-state index contributed by atoms with van der Waals surface area (Å²) in [5.41, 5.74) is 0.790. The summed E-state index contributed by atoms with van der Waals surface area (Å²) in [6.07, 6.45) is 0. The van der Waals surface area contributed by atoms with Gasteiger partial charge in [0.25, 0.3) is 0 Å². The largest absolute Gasteiger partial charge is 0.476 e. The molecule has 0 aliphatic rings. The second kappa shape index (κ2) is 4.31. The molecule has 0 bridgehead atoms. The monoisotopic (exact) mass is 278 g/mol. The Bertz CT molecular complexity index is 688. The highest BCUT2D eigenvalue weighted by Crippen LogP contribution is 2.30. The van der Waals surface area contributed by atoms with E-state index in [0.717, 1.165) is 21.7 Å². The third-order valence-electron chi connectivity index (χ3n) is 2.20. The predicted molar refractivity (Wildman–Crippen MR) is 69.8 cm³/mol. The molecule has 0 saturated carbocycles. The SMILES string of the molecule is O=C(O)c1nnsc1Nc1nc2ccccc2s1. The summed E-state index contributed by atoms with van der Waals surface area (Å²) in [4.78, 5) is 15.2. The maximum absolute atomic E-state index is 10.9. The Morgan fingerprint density at radius 2 is 2.17 bits per heavy atom. The minimum atomic E-state index is -1.10. The number of rotatable bonds is 3. The third kappa shape index (κ3) is 1.91. The number of aromatic carboxylic acids is 1. The number of anilines is 2. The van der Waals surface area contributed by atoms with Crippen LogP contribution >= 0.6 is 22.9 Å². The molecular formula is C10H6N4O2S2. The number of carboxylic acid groups (broad SMARTS) is 1. The standard InChI is InChI=1S/C10H6N4O2S2/c15-9(16)7-8(18-14-13-7)12-10-11-5-3-1-2-4-6(5)17-10/h1-4H,(H,11,12)(H,15,16). The van der Waals surface area contributed by atoms with E-state index in [1.807, 2.05) is 24.3 Å². The highest BCUT2D eigenvalue weighted by Gasteiger charge is 2.16. The minimum Gasteiger partial charge on any atom is -0.476 e. The van der Waals surface area contributed by atoms with Crippen LogP contribution in [0.3, 0.4) is 0 Å². The first-order chi connectivity index (χ1) is 8.74. The summed E-state index contributed by atoms with van der Waals surface area (Å²) in [6.45, 7) is 0. The van der Waals surface area contributed by atoms with Gasteiger partial charge in [-0.05, 0) is 12.1 Å². The van der Waals surface area contributed by atoms with Crippen LogP contribution in [0.25, 0.3) is 10.2 Å². The topological polar surface area (TPSA) is 88.0 Å². The van der Waals surface area contributed by atoms with Gasteiger partial charge in [-0.1, -0.05) is 28.0 Å². The normalized spacial score (nSPS) is 10.7. The summed E-state index contributed by atoms with van der Waals surface area (Å²) in [5, 5.41) is 16.4. The van der Waals surface area contributed by atoms with E-state index in [9.17, 15) is 4.79 Å². The second-order valence-corrected chi connectivity index (χ2v) is 5.15. The molecule has 0 saturated heterocycles. The molecule has 0 amide bonds. The van der Waals surface area contributed by atoms with Gasteiger partial charge in [0.15, 0.2) is 10.1 Å². The number of nitrogens with one attached hydrogen (secondary N) is 1. The van der Waals surface area contributed by atoms with Crippen molar-refractivity contribution in [1.29, 1.82) is 0 Å². The van der Waals surface area contributed by atoms with Gasteiger partial charge in [0.05, 0.1) is 10.2 Å². The van der Waals surface area contributed by atoms with E-state index in [-0.39, 0.29) is 5.69 Å². The molecule has 3 aromatic rings. The van der Waals surface area contributed by atoms with Crippen LogP contribution in [0.4, 0.5) is 10.1 Å². The number of carboxylic acids is 1. The average molecular weight is 278 g/mol. The first-order valence-electron chi connectivity index (χ1n) is 4.92. The van der Waals surface area contributed by atoms with E-state index in [0.29, 0.717) is 10.1 Å². The Labute approximate surface area is 109 Å². The predicted octanol–water partition coefficient (Wildman–Crippen LogP) is 2.59. The van der Waals surface area contributed by atoms with E-state index >= 15 is 0 Å². The number of para-hydroxylation sites is 1. The molecule has 18 heavy (non-hydrogen) atoms. The number of thiazole rings is 1. The van der Waals surface area contributed by atoms with Crippen LogP contribution in [0.1, 0.15) is 10.5 Å². The van der Waals surface area contributed by atoms with Gasteiger partial charge >= 0.3 is 5.97 Å². The molecule has 0 atom stereocenters. The molecule has 2 aromatic heterocycles. The van der Waals surface area contributed by atoms with Crippen LogP contribution in [0.5, 0.6) is 0 Å². The zero-order valence-corrected chi connectivity index (χ0v) is 10.5. The Balaban J connectivity index is 1.96. The molecule has 90 valence electrons. The number of hydrogen-bond acceptors (Lipinski definition) is 7. The third-order valence-corrected chi connectivity index (χ3v) is 3.80. The average Bonchev–Trinajstić information content (AvgIpc) is 2.94. The molecule has 0 fully saturated rings. The van der Waals surface area contributed by atoms with E-state index in [1.165, 1.54) is 11.3 Å². The van der Waals surface area contributed by atoms with Crippen molar-refractivity contribution in [2.75, 3.05) is 5.32 Å². The van der Waals surface area contributed by atoms with Crippen LogP contribution in [-0.4, -0.2) is 25.6 Å². The lowest BCUT2D eigenvalue weighted by Gasteiger charge is -1.96. The lowest BCUT2D eigenvalue weighted by molar-refractivity contribution is 0.0691. The maximum Gasteiger partial charge on any atom is 0.359 e. The van der Waals surface area contributed by atoms with Gasteiger partial charge in [0.1, 0.15) is 0 Å². The van der Waals surface area contributed by atoms with Crippen molar-refractivity contribution in [2.45, 2.75) is 0 Å². The highest BCUT2D eigenvalue weighted by molar-refractivity contribution is 7.22. The van der Waals surface area contributed by atoms with Crippen molar-refractivity contribution in [3.8, 4) is 0 Å². The first-order valence-corrected chi connectivity index (χ1v) is 6.51. The zero-order chi connectivity index (χ0) is 12.5. The molecule has 0 radical (unpaired) electrons. The van der Waals surface area contributed by atoms with Crippen molar-refractivity contribution in [2.24, 2.45) is 0 Å². The van der Waals surface area contributed by atoms with Gasteiger partial charge < -0.3 is 10.4 Å². The van der Waals surface area contributed by atoms with E-state index in [1.54, 1.807) is 0 Å². The van der Waals surface area contributed by atoms with Gasteiger partial charge in [-0.15, -0.1) is 5.10 Å². The van der Waals surface area contributed by atoms with Crippen LogP contribution in [0.15, 0.2) is 24.3 Å². The molecule has 8 heteroatoms. The van der Waals surface area contributed by atoms with E-state index in [2.05, 4.69) is 19.9 Å². The summed E-state index contributed by atoms with van der Waals surface area (Å²) in [6, 6.07) is 7.70. The lowest BCUT2D eigenvalue weighted by atomic mass is 10.3. The van der Waals surface area contributed by atoms with Crippen LogP contribution in [0, 0.1) is 0 Å². The molecule has 0 unspecified atom stereocenters. The molecule has 3 rings (SSSR count). The fourth-order valence-electron chi connectivity index (χ4n) is 1.44. The fraction of sp³-hybridized carbons (Fsp3) is 0. The highest BCUT2D eigenvalue weighted by atomic mass is 32.1. The van der Waals surface area contributed by atoms with Gasteiger partial charge in [-0.3, -0.25) is 0 Å². The number of aromatic nitrogens is 3. The fourth-order valence-corrected chi connectivity index (χ4v) is 2.93. The smallest absolute Gasteiger partial charge is 0.359 e. The summed E-state index contributed by atoms with van der Waals surface area (Å²) in [7, 11) is 0. The van der Waals surface area contributed by atoms with Gasteiger partial charge in [0, 0.05) is 11.5 Å². The van der Waals surface area contributed by atoms with Crippen molar-refractivity contribution in [3.63, 3.8) is 0 Å². The number of benzene rings is 1. The van der Waals surface area contributed by atoms with E-state index in [4.69, 9.17) is 5.11 Å². The molecule has 1 aromatic carbocycles. The second-order valence-electron chi connectivity index (χ2n) is 3.37. The van der Waals surface area contributed by atoms with Crippen molar-refractivity contribution >= 4 is 49.2 Å². The van der Waals surface area contributed by atoms with Gasteiger partial charge in [0.2, 0.25) is 5.69 Å². The zero-order valence-electron chi connectivity index (χ0n) is 8.82. The molecular weight excluding hydrogens is 272 g/mol. The van der Waals surface area contributed by atoms with Crippen molar-refractivity contribution < 1.29 is 9.90 Å². The van der Waals surface area contributed by atoms with Crippen LogP contribution < -0.4 is 5.32 Å². The van der Waals surface area contributed by atoms with Crippen molar-refractivity contribution in [1.82, 2.24) is 14.6 Å². The van der Waals surface area contributed by atoms with Crippen molar-refractivity contribution in [3.05, 3.63) is 30.0 Å². The quantitative estimate of drug-likeness (QED) is 0.765. The van der Waals surface area contributed by atoms with Gasteiger partial charge in [-0.25, -0.2) is 9.78 Å². The first kappa shape index (κ1) is 11.1. The number of nitrogens with zero attached hydrogens (tertiary/aromatic N) is 3. The minimum absolute atomic E-state index is 0.0840. The summed E-state index contributed by atoms with van der Waals surface area (Å²) in [5.74, 6) is -1.10. The van der Waals surface area contributed by atoms with Gasteiger partial charge in [-0.2, -0.15) is 0 Å². The maximum atomic E-state index is 10.9. The molecule has 0 aliphatic carbocycles. The summed E-state index contributed by atoms with van der Waals surface area (Å²) >= 11 is 2.45. The Kier molecular flexibility index (Phi) is 2.65. The molecule has 0 spiro atoms. The number of fused-ring (bicyclic) bond motifs is 1. The molecule has 0 aliphatic heterocycles. The van der Waals surface area contributed by atoms with Crippen LogP contribution in [-0.2, 0) is 0 Å². The Morgan fingerprint density at radius 3 is 2.94 bits per heavy atom.